The van der Waals surface area contributed by atoms with E-state index in [-0.39, 0.29) is 5.91 Å². The van der Waals surface area contributed by atoms with E-state index < -0.39 is 0 Å². The molecule has 6 nitrogen and oxygen atoms in total. The molecule has 0 unspecified atom stereocenters. The highest BCUT2D eigenvalue weighted by molar-refractivity contribution is 5.91. The fourth-order valence-electron chi connectivity index (χ4n) is 2.97. The molecule has 3 rings (SSSR count). The van der Waals surface area contributed by atoms with Gasteiger partial charge in [-0.3, -0.25) is 4.79 Å². The number of nitrogens with zero attached hydrogens (tertiary/aromatic N) is 1. The van der Waals surface area contributed by atoms with Crippen LogP contribution in [-0.4, -0.2) is 24.7 Å². The number of aryl methyl sites for hydroxylation is 2. The molecule has 1 N–H and O–H groups in total. The molecule has 6 heteroatoms. The molecule has 0 radical (unpaired) electrons. The van der Waals surface area contributed by atoms with Crippen molar-refractivity contribution in [2.24, 2.45) is 0 Å². The third-order valence-electron chi connectivity index (χ3n) is 4.72. The molecule has 0 atom stereocenters. The summed E-state index contributed by atoms with van der Waals surface area (Å²) in [4.78, 5) is 12.1. The lowest BCUT2D eigenvalue weighted by Gasteiger charge is -2.11. The number of ether oxygens (including phenoxy) is 2. The van der Waals surface area contributed by atoms with E-state index in [1.807, 2.05) is 62.4 Å². The van der Waals surface area contributed by atoms with Crippen LogP contribution >= 0.6 is 0 Å². The summed E-state index contributed by atoms with van der Waals surface area (Å²) < 4.78 is 16.5. The number of aromatic nitrogens is 1. The summed E-state index contributed by atoms with van der Waals surface area (Å²) in [5.74, 6) is 1.81. The third kappa shape index (κ3) is 5.73. The summed E-state index contributed by atoms with van der Waals surface area (Å²) >= 11 is 0. The first-order chi connectivity index (χ1) is 14.6. The highest BCUT2D eigenvalue weighted by atomic mass is 16.5. The quantitative estimate of drug-likeness (QED) is 0.538. The summed E-state index contributed by atoms with van der Waals surface area (Å²) in [6, 6.07) is 15.6. The fraction of sp³-hybridized carbons (Fsp3) is 0.250. The van der Waals surface area contributed by atoms with Crippen molar-refractivity contribution in [3.05, 3.63) is 82.8 Å². The molecule has 30 heavy (non-hydrogen) atoms. The van der Waals surface area contributed by atoms with Gasteiger partial charge >= 0.3 is 0 Å². The Bertz CT molecular complexity index is 990. The number of carbonyl (C=O) groups is 1. The van der Waals surface area contributed by atoms with Gasteiger partial charge in [-0.25, -0.2) is 0 Å². The van der Waals surface area contributed by atoms with E-state index in [1.54, 1.807) is 13.2 Å². The Labute approximate surface area is 176 Å². The second-order valence-corrected chi connectivity index (χ2v) is 6.86. The van der Waals surface area contributed by atoms with E-state index in [0.29, 0.717) is 24.7 Å². The lowest BCUT2D eigenvalue weighted by atomic mass is 10.1. The maximum atomic E-state index is 12.1. The molecule has 0 bridgehead atoms. The molecule has 0 aliphatic carbocycles. The van der Waals surface area contributed by atoms with Crippen LogP contribution in [0.25, 0.3) is 6.08 Å². The highest BCUT2D eigenvalue weighted by Crippen LogP contribution is 2.30. The second-order valence-electron chi connectivity index (χ2n) is 6.86. The zero-order valence-electron chi connectivity index (χ0n) is 17.5. The molecule has 156 valence electrons. The summed E-state index contributed by atoms with van der Waals surface area (Å²) in [6.45, 7) is 4.67. The molecule has 2 aromatic carbocycles. The first-order valence-corrected chi connectivity index (χ1v) is 9.79. The van der Waals surface area contributed by atoms with Crippen LogP contribution in [0.5, 0.6) is 11.5 Å². The number of methoxy groups -OCH3 is 1. The van der Waals surface area contributed by atoms with Crippen LogP contribution in [0.1, 0.15) is 28.1 Å². The van der Waals surface area contributed by atoms with Crippen LogP contribution < -0.4 is 14.8 Å². The van der Waals surface area contributed by atoms with E-state index in [9.17, 15) is 4.79 Å². The zero-order chi connectivity index (χ0) is 21.3. The van der Waals surface area contributed by atoms with Gasteiger partial charge in [0.25, 0.3) is 0 Å². The SMILES string of the molecule is COc1cc(C=CC(=O)NCCc2ccccc2)ccc1OCc1c(C)noc1C. The Morgan fingerprint density at radius 2 is 1.93 bits per heavy atom. The molecule has 3 aromatic rings. The maximum Gasteiger partial charge on any atom is 0.244 e. The minimum atomic E-state index is -0.136. The molecule has 0 aliphatic heterocycles. The van der Waals surface area contributed by atoms with E-state index in [4.69, 9.17) is 14.0 Å². The Balaban J connectivity index is 1.55. The van der Waals surface area contributed by atoms with Gasteiger partial charge in [-0.05, 0) is 49.6 Å². The first kappa shape index (κ1) is 21.2. The smallest absolute Gasteiger partial charge is 0.244 e. The van der Waals surface area contributed by atoms with Crippen LogP contribution in [0.4, 0.5) is 0 Å². The molecule has 1 amide bonds. The predicted molar refractivity (Wildman–Crippen MR) is 115 cm³/mol. The average Bonchev–Trinajstić information content (AvgIpc) is 3.09. The predicted octanol–water partition coefficient (Wildman–Crippen LogP) is 4.25. The van der Waals surface area contributed by atoms with Crippen molar-refractivity contribution >= 4 is 12.0 Å². The number of benzene rings is 2. The van der Waals surface area contributed by atoms with Gasteiger partial charge in [0.05, 0.1) is 18.4 Å². The van der Waals surface area contributed by atoms with Crippen LogP contribution in [0.15, 0.2) is 59.1 Å². The van der Waals surface area contributed by atoms with Crippen LogP contribution in [0.3, 0.4) is 0 Å². The van der Waals surface area contributed by atoms with Crippen molar-refractivity contribution < 1.29 is 18.8 Å². The van der Waals surface area contributed by atoms with Gasteiger partial charge in [-0.15, -0.1) is 0 Å². The highest BCUT2D eigenvalue weighted by Gasteiger charge is 2.12. The fourth-order valence-corrected chi connectivity index (χ4v) is 2.97. The molecule has 0 spiro atoms. The third-order valence-corrected chi connectivity index (χ3v) is 4.72. The average molecular weight is 406 g/mol. The molecular weight excluding hydrogens is 380 g/mol. The summed E-state index contributed by atoms with van der Waals surface area (Å²) in [6.07, 6.45) is 4.06. The minimum absolute atomic E-state index is 0.136. The molecule has 1 heterocycles. The van der Waals surface area contributed by atoms with Crippen molar-refractivity contribution in [1.29, 1.82) is 0 Å². The number of carbonyl (C=O) groups excluding carboxylic acids is 1. The lowest BCUT2D eigenvalue weighted by molar-refractivity contribution is -0.116. The topological polar surface area (TPSA) is 73.6 Å². The van der Waals surface area contributed by atoms with Gasteiger partial charge in [0, 0.05) is 12.6 Å². The molecule has 0 saturated heterocycles. The van der Waals surface area contributed by atoms with Crippen molar-refractivity contribution in [2.75, 3.05) is 13.7 Å². The molecule has 1 aromatic heterocycles. The molecule has 0 saturated carbocycles. The molecular formula is C24H26N2O4. The van der Waals surface area contributed by atoms with Crippen LogP contribution in [0.2, 0.25) is 0 Å². The second kappa shape index (κ2) is 10.3. The Hall–Kier alpha value is -3.54. The Morgan fingerprint density at radius 1 is 1.13 bits per heavy atom. The van der Waals surface area contributed by atoms with Crippen molar-refractivity contribution in [3.8, 4) is 11.5 Å². The largest absolute Gasteiger partial charge is 0.493 e. The van der Waals surface area contributed by atoms with Gasteiger partial charge in [0.2, 0.25) is 5.91 Å². The standard InChI is InChI=1S/C24H26N2O4/c1-17-21(18(2)30-26-17)16-29-22-11-9-20(15-23(22)28-3)10-12-24(27)25-14-13-19-7-5-4-6-8-19/h4-12,15H,13-14,16H2,1-3H3,(H,25,27). The first-order valence-electron chi connectivity index (χ1n) is 9.79. The van der Waals surface area contributed by atoms with E-state index in [0.717, 1.165) is 29.0 Å². The normalized spacial score (nSPS) is 10.9. The maximum absolute atomic E-state index is 12.1. The summed E-state index contributed by atoms with van der Waals surface area (Å²) in [5, 5.41) is 6.82. The van der Waals surface area contributed by atoms with Gasteiger partial charge < -0.3 is 19.3 Å². The number of nitrogens with one attached hydrogen (secondary N) is 1. The van der Waals surface area contributed by atoms with Crippen molar-refractivity contribution in [3.63, 3.8) is 0 Å². The van der Waals surface area contributed by atoms with E-state index in [1.165, 1.54) is 11.6 Å². The Kier molecular flexibility index (Phi) is 7.27. The van der Waals surface area contributed by atoms with Gasteiger partial charge in [0.1, 0.15) is 12.4 Å². The zero-order valence-corrected chi connectivity index (χ0v) is 17.5. The number of amides is 1. The number of rotatable bonds is 9. The van der Waals surface area contributed by atoms with Crippen molar-refractivity contribution in [2.45, 2.75) is 26.9 Å². The van der Waals surface area contributed by atoms with Gasteiger partial charge in [0.15, 0.2) is 11.5 Å². The lowest BCUT2D eigenvalue weighted by Crippen LogP contribution is -2.23. The van der Waals surface area contributed by atoms with Gasteiger partial charge in [-0.1, -0.05) is 41.6 Å². The van der Waals surface area contributed by atoms with Crippen LogP contribution in [-0.2, 0) is 17.8 Å². The number of hydrogen-bond donors (Lipinski definition) is 1. The van der Waals surface area contributed by atoms with E-state index >= 15 is 0 Å². The van der Waals surface area contributed by atoms with E-state index in [2.05, 4.69) is 10.5 Å². The molecule has 0 fully saturated rings. The van der Waals surface area contributed by atoms with Crippen molar-refractivity contribution in [1.82, 2.24) is 10.5 Å². The van der Waals surface area contributed by atoms with Crippen LogP contribution in [0, 0.1) is 13.8 Å². The Morgan fingerprint density at radius 3 is 2.63 bits per heavy atom. The summed E-state index contributed by atoms with van der Waals surface area (Å²) in [5.41, 5.74) is 3.77. The van der Waals surface area contributed by atoms with Gasteiger partial charge in [-0.2, -0.15) is 0 Å². The molecule has 0 aliphatic rings. The monoisotopic (exact) mass is 406 g/mol. The summed E-state index contributed by atoms with van der Waals surface area (Å²) in [7, 11) is 1.59. The minimum Gasteiger partial charge on any atom is -0.493 e. The number of hydrogen-bond acceptors (Lipinski definition) is 5.